The van der Waals surface area contributed by atoms with E-state index in [2.05, 4.69) is 25.4 Å². The summed E-state index contributed by atoms with van der Waals surface area (Å²) < 4.78 is 0. The molecule has 36 heavy (non-hydrogen) atoms. The van der Waals surface area contributed by atoms with Crippen LogP contribution < -0.4 is 10.6 Å². The van der Waals surface area contributed by atoms with E-state index >= 15 is 0 Å². The lowest BCUT2D eigenvalue weighted by atomic mass is 10.1. The molecule has 0 radical (unpaired) electrons. The average Bonchev–Trinajstić information content (AvgIpc) is 2.87. The number of pyridine rings is 1. The first-order valence-electron chi connectivity index (χ1n) is 12.4. The smallest absolute Gasteiger partial charge is 0.224 e. The third-order valence-corrected chi connectivity index (χ3v) is 7.30. The number of piperazine rings is 1. The lowest BCUT2D eigenvalue weighted by Gasteiger charge is -2.34. The molecule has 1 aromatic heterocycles. The van der Waals surface area contributed by atoms with Gasteiger partial charge >= 0.3 is 0 Å². The molecule has 2 N–H and O–H groups in total. The zero-order valence-electron chi connectivity index (χ0n) is 20.3. The summed E-state index contributed by atoms with van der Waals surface area (Å²) in [6.45, 7) is 7.97. The molecule has 0 unspecified atom stereocenters. The topological polar surface area (TPSA) is 60.5 Å². The summed E-state index contributed by atoms with van der Waals surface area (Å²) in [4.78, 5) is 21.6. The van der Waals surface area contributed by atoms with E-state index in [1.54, 1.807) is 18.2 Å². The molecule has 1 fully saturated rings. The van der Waals surface area contributed by atoms with Crippen molar-refractivity contribution in [3.8, 4) is 0 Å². The number of fused-ring (bicyclic) bond motifs is 1. The molecule has 0 spiro atoms. The first kappa shape index (κ1) is 27.0. The lowest BCUT2D eigenvalue weighted by Crippen LogP contribution is -2.47. The molecule has 0 aliphatic carbocycles. The SMILES string of the molecule is O=C(Cc1ccc(Cl)cc1Cl)NCCCN1CCN(CCCNc2ccnc3cc(Cl)ccc23)CC1. The fourth-order valence-corrected chi connectivity index (χ4v) is 5.11. The zero-order valence-corrected chi connectivity index (χ0v) is 22.5. The van der Waals surface area contributed by atoms with Gasteiger partial charge in [-0.05, 0) is 67.9 Å². The highest BCUT2D eigenvalue weighted by Crippen LogP contribution is 2.24. The zero-order chi connectivity index (χ0) is 25.3. The van der Waals surface area contributed by atoms with Crippen LogP contribution in [0.5, 0.6) is 0 Å². The molecule has 4 rings (SSSR count). The second-order valence-corrected chi connectivity index (χ2v) is 10.4. The Balaban J connectivity index is 1.07. The second kappa shape index (κ2) is 13.5. The van der Waals surface area contributed by atoms with Gasteiger partial charge in [0.15, 0.2) is 0 Å². The van der Waals surface area contributed by atoms with Crippen molar-refractivity contribution in [1.29, 1.82) is 0 Å². The fraction of sp³-hybridized carbons (Fsp3) is 0.407. The summed E-state index contributed by atoms with van der Waals surface area (Å²) >= 11 is 18.2. The van der Waals surface area contributed by atoms with E-state index in [9.17, 15) is 4.79 Å². The Morgan fingerprint density at radius 3 is 2.25 bits per heavy atom. The van der Waals surface area contributed by atoms with E-state index in [1.807, 2.05) is 30.5 Å². The minimum atomic E-state index is -0.0128. The predicted octanol–water partition coefficient (Wildman–Crippen LogP) is 5.36. The van der Waals surface area contributed by atoms with Crippen molar-refractivity contribution < 1.29 is 4.79 Å². The van der Waals surface area contributed by atoms with Crippen LogP contribution in [0.25, 0.3) is 10.9 Å². The van der Waals surface area contributed by atoms with Gasteiger partial charge in [-0.25, -0.2) is 0 Å². The van der Waals surface area contributed by atoms with Gasteiger partial charge in [-0.2, -0.15) is 0 Å². The number of aromatic nitrogens is 1. The first-order chi connectivity index (χ1) is 17.5. The van der Waals surface area contributed by atoms with Crippen LogP contribution >= 0.6 is 34.8 Å². The van der Waals surface area contributed by atoms with Gasteiger partial charge in [-0.1, -0.05) is 40.9 Å². The third-order valence-electron chi connectivity index (χ3n) is 6.48. The molecule has 6 nitrogen and oxygen atoms in total. The second-order valence-electron chi connectivity index (χ2n) is 9.10. The summed E-state index contributed by atoms with van der Waals surface area (Å²) in [5, 5.41) is 9.46. The Bertz CT molecular complexity index is 1170. The standard InChI is InChI=1S/C27H32Cl3N5O/c28-21-4-3-20(24(30)18-21)17-27(36)33-9-2-12-35-15-13-34(14-16-35)11-1-8-31-25-7-10-32-26-19-22(29)5-6-23(25)26/h3-7,10,18-19H,1-2,8-9,11-17H2,(H,31,32)(H,33,36). The number of hydrogen-bond donors (Lipinski definition) is 2. The Kier molecular flexibility index (Phi) is 10.1. The molecule has 1 aliphatic heterocycles. The molecule has 1 saturated heterocycles. The van der Waals surface area contributed by atoms with Crippen LogP contribution in [0.15, 0.2) is 48.7 Å². The Labute approximate surface area is 227 Å². The van der Waals surface area contributed by atoms with Gasteiger partial charge in [0.1, 0.15) is 0 Å². The Morgan fingerprint density at radius 2 is 1.53 bits per heavy atom. The Morgan fingerprint density at radius 1 is 0.861 bits per heavy atom. The summed E-state index contributed by atoms with van der Waals surface area (Å²) in [6.07, 6.45) is 4.12. The third kappa shape index (κ3) is 7.95. The van der Waals surface area contributed by atoms with Gasteiger partial charge in [0.25, 0.3) is 0 Å². The summed E-state index contributed by atoms with van der Waals surface area (Å²) in [6, 6.07) is 13.1. The van der Waals surface area contributed by atoms with E-state index in [1.165, 1.54) is 0 Å². The number of nitrogens with zero attached hydrogens (tertiary/aromatic N) is 3. The molecule has 2 heterocycles. The average molecular weight is 549 g/mol. The number of halogens is 3. The maximum Gasteiger partial charge on any atom is 0.224 e. The number of carbonyl (C=O) groups is 1. The molecule has 0 saturated carbocycles. The number of benzene rings is 2. The van der Waals surface area contributed by atoms with Gasteiger partial charge in [0.05, 0.1) is 11.9 Å². The maximum atomic E-state index is 12.2. The molecule has 3 aromatic rings. The van der Waals surface area contributed by atoms with Crippen LogP contribution in [0, 0.1) is 0 Å². The fourth-order valence-electron chi connectivity index (χ4n) is 4.47. The van der Waals surface area contributed by atoms with Crippen molar-refractivity contribution >= 4 is 57.3 Å². The van der Waals surface area contributed by atoms with Crippen molar-refractivity contribution in [2.75, 3.05) is 57.7 Å². The van der Waals surface area contributed by atoms with Crippen molar-refractivity contribution in [2.24, 2.45) is 0 Å². The molecule has 1 amide bonds. The van der Waals surface area contributed by atoms with E-state index in [0.717, 1.165) is 80.8 Å². The number of carbonyl (C=O) groups excluding carboxylic acids is 1. The van der Waals surface area contributed by atoms with Crippen molar-refractivity contribution in [1.82, 2.24) is 20.1 Å². The minimum Gasteiger partial charge on any atom is -0.384 e. The van der Waals surface area contributed by atoms with Gasteiger partial charge in [0.2, 0.25) is 5.91 Å². The molecule has 0 bridgehead atoms. The molecule has 192 valence electrons. The van der Waals surface area contributed by atoms with Crippen molar-refractivity contribution in [2.45, 2.75) is 19.3 Å². The van der Waals surface area contributed by atoms with Gasteiger partial charge in [0, 0.05) is 71.6 Å². The molecule has 2 aromatic carbocycles. The van der Waals surface area contributed by atoms with Crippen molar-refractivity contribution in [3.05, 3.63) is 69.3 Å². The number of anilines is 1. The molecular weight excluding hydrogens is 517 g/mol. The van der Waals surface area contributed by atoms with Crippen LogP contribution in [-0.4, -0.2) is 73.0 Å². The predicted molar refractivity (Wildman–Crippen MR) is 151 cm³/mol. The monoisotopic (exact) mass is 547 g/mol. The van der Waals surface area contributed by atoms with E-state index in [4.69, 9.17) is 34.8 Å². The Hall–Kier alpha value is -2.09. The number of hydrogen-bond acceptors (Lipinski definition) is 5. The molecule has 0 atom stereocenters. The maximum absolute atomic E-state index is 12.2. The van der Waals surface area contributed by atoms with E-state index in [-0.39, 0.29) is 12.3 Å². The van der Waals surface area contributed by atoms with Gasteiger partial charge in [-0.3, -0.25) is 9.78 Å². The van der Waals surface area contributed by atoms with Crippen LogP contribution in [0.3, 0.4) is 0 Å². The van der Waals surface area contributed by atoms with Crippen molar-refractivity contribution in [3.63, 3.8) is 0 Å². The number of rotatable bonds is 11. The quantitative estimate of drug-likeness (QED) is 0.316. The highest BCUT2D eigenvalue weighted by molar-refractivity contribution is 6.35. The van der Waals surface area contributed by atoms with Crippen LogP contribution in [-0.2, 0) is 11.2 Å². The summed E-state index contributed by atoms with van der Waals surface area (Å²) in [5.41, 5.74) is 2.81. The first-order valence-corrected chi connectivity index (χ1v) is 13.5. The highest BCUT2D eigenvalue weighted by atomic mass is 35.5. The summed E-state index contributed by atoms with van der Waals surface area (Å²) in [7, 11) is 0. The van der Waals surface area contributed by atoms with Crippen LogP contribution in [0.2, 0.25) is 15.1 Å². The normalized spacial score (nSPS) is 14.8. The van der Waals surface area contributed by atoms with E-state index < -0.39 is 0 Å². The number of amides is 1. The molecule has 1 aliphatic rings. The lowest BCUT2D eigenvalue weighted by molar-refractivity contribution is -0.120. The van der Waals surface area contributed by atoms with Gasteiger partial charge < -0.3 is 20.4 Å². The largest absolute Gasteiger partial charge is 0.384 e. The minimum absolute atomic E-state index is 0.0128. The molecular formula is C27H32Cl3N5O. The molecule has 9 heteroatoms. The number of nitrogens with one attached hydrogen (secondary N) is 2. The highest BCUT2D eigenvalue weighted by Gasteiger charge is 2.16. The van der Waals surface area contributed by atoms with E-state index in [0.29, 0.717) is 21.6 Å². The van der Waals surface area contributed by atoms with Crippen LogP contribution in [0.4, 0.5) is 5.69 Å². The van der Waals surface area contributed by atoms with Gasteiger partial charge in [-0.15, -0.1) is 0 Å². The van der Waals surface area contributed by atoms with Crippen LogP contribution in [0.1, 0.15) is 18.4 Å². The summed E-state index contributed by atoms with van der Waals surface area (Å²) in [5.74, 6) is -0.0128.